The Hall–Kier alpha value is -2.04. The van der Waals surface area contributed by atoms with E-state index < -0.39 is 0 Å². The molecule has 4 aliphatic carbocycles. The van der Waals surface area contributed by atoms with Crippen LogP contribution in [0.25, 0.3) is 0 Å². The average molecular weight is 385 g/mol. The van der Waals surface area contributed by atoms with Gasteiger partial charge in [-0.05, 0) is 66.6 Å². The van der Waals surface area contributed by atoms with Gasteiger partial charge < -0.3 is 15.7 Å². The predicted molar refractivity (Wildman–Crippen MR) is 108 cm³/mol. The van der Waals surface area contributed by atoms with Crippen molar-refractivity contribution in [3.05, 3.63) is 35.6 Å². The molecule has 152 valence electrons. The van der Waals surface area contributed by atoms with Gasteiger partial charge in [-0.1, -0.05) is 26.0 Å². The number of carbonyl (C=O) groups excluding carboxylic acids is 2. The number of allylic oxidation sites excluding steroid dienone is 4. The second kappa shape index (κ2) is 6.50. The number of aliphatic hydroxyl groups excluding tert-OH is 1. The Kier molecular flexibility index (Phi) is 4.48. The Morgan fingerprint density at radius 2 is 1.79 bits per heavy atom. The standard InChI is InChI=1S/C23H32N2O3/c1-13(26)24-19-12-15-11-16(28)7-9-22(15,3)18-8-10-23(4)17(21(18)19)5-6-20(23)25-14(2)27/h7,9,11-12,17-21,28H,5-6,8,10H2,1-4H3,(H,24,26)(H,25,27)/t17-,18-,19-,20-,21-,22-,23-/m0/s1. The first-order chi connectivity index (χ1) is 13.1. The van der Waals surface area contributed by atoms with E-state index in [4.69, 9.17) is 0 Å². The smallest absolute Gasteiger partial charge is 0.217 e. The molecule has 5 heteroatoms. The topological polar surface area (TPSA) is 78.4 Å². The Bertz CT molecular complexity index is 798. The molecule has 0 saturated heterocycles. The molecule has 4 aliphatic rings. The number of rotatable bonds is 2. The van der Waals surface area contributed by atoms with E-state index in [9.17, 15) is 14.7 Å². The molecule has 2 amide bonds. The third kappa shape index (κ3) is 2.82. The predicted octanol–water partition coefficient (Wildman–Crippen LogP) is 3.40. The summed E-state index contributed by atoms with van der Waals surface area (Å²) in [7, 11) is 0. The van der Waals surface area contributed by atoms with Gasteiger partial charge in [0.05, 0.1) is 6.04 Å². The molecule has 0 radical (unpaired) electrons. The molecule has 0 unspecified atom stereocenters. The molecule has 0 heterocycles. The van der Waals surface area contributed by atoms with E-state index in [1.807, 2.05) is 12.2 Å². The highest BCUT2D eigenvalue weighted by Gasteiger charge is 2.60. The van der Waals surface area contributed by atoms with Crippen LogP contribution in [0.2, 0.25) is 0 Å². The fourth-order valence-electron chi connectivity index (χ4n) is 6.84. The number of carbonyl (C=O) groups is 2. The molecule has 4 rings (SSSR count). The maximum atomic E-state index is 12.0. The van der Waals surface area contributed by atoms with Crippen LogP contribution in [-0.4, -0.2) is 29.0 Å². The molecule has 3 N–H and O–H groups in total. The zero-order valence-electron chi connectivity index (χ0n) is 17.3. The van der Waals surface area contributed by atoms with Crippen LogP contribution in [0.1, 0.15) is 53.4 Å². The summed E-state index contributed by atoms with van der Waals surface area (Å²) in [5, 5.41) is 16.4. The number of nitrogens with one attached hydrogen (secondary N) is 2. The lowest BCUT2D eigenvalue weighted by molar-refractivity contribution is -0.121. The molecule has 0 aromatic heterocycles. The molecular weight excluding hydrogens is 352 g/mol. The van der Waals surface area contributed by atoms with Crippen molar-refractivity contribution in [1.29, 1.82) is 0 Å². The van der Waals surface area contributed by atoms with Crippen LogP contribution in [0.3, 0.4) is 0 Å². The fraction of sp³-hybridized carbons (Fsp3) is 0.652. The first-order valence-electron chi connectivity index (χ1n) is 10.5. The van der Waals surface area contributed by atoms with Crippen molar-refractivity contribution in [2.75, 3.05) is 0 Å². The molecule has 7 atom stereocenters. The van der Waals surface area contributed by atoms with Crippen molar-refractivity contribution in [3.8, 4) is 0 Å². The van der Waals surface area contributed by atoms with Crippen molar-refractivity contribution >= 4 is 11.8 Å². The van der Waals surface area contributed by atoms with E-state index in [0.29, 0.717) is 17.8 Å². The minimum absolute atomic E-state index is 0.0209. The van der Waals surface area contributed by atoms with Gasteiger partial charge in [-0.15, -0.1) is 0 Å². The first-order valence-corrected chi connectivity index (χ1v) is 10.5. The molecule has 5 nitrogen and oxygen atoms in total. The van der Waals surface area contributed by atoms with E-state index >= 15 is 0 Å². The summed E-state index contributed by atoms with van der Waals surface area (Å²) in [5.74, 6) is 1.47. The van der Waals surface area contributed by atoms with Crippen molar-refractivity contribution < 1.29 is 14.7 Å². The molecule has 0 spiro atoms. The minimum atomic E-state index is -0.126. The highest BCUT2D eigenvalue weighted by molar-refractivity contribution is 5.74. The van der Waals surface area contributed by atoms with E-state index in [0.717, 1.165) is 31.3 Å². The lowest BCUT2D eigenvalue weighted by Gasteiger charge is -2.57. The summed E-state index contributed by atoms with van der Waals surface area (Å²) in [6, 6.07) is 0.166. The summed E-state index contributed by atoms with van der Waals surface area (Å²) in [6.07, 6.45) is 12.2. The number of amides is 2. The van der Waals surface area contributed by atoms with E-state index in [2.05, 4.69) is 36.6 Å². The number of hydrogen-bond acceptors (Lipinski definition) is 3. The Balaban J connectivity index is 1.76. The summed E-state index contributed by atoms with van der Waals surface area (Å²) >= 11 is 0. The van der Waals surface area contributed by atoms with Crippen LogP contribution < -0.4 is 10.6 Å². The van der Waals surface area contributed by atoms with Crippen molar-refractivity contribution in [2.24, 2.45) is 28.6 Å². The molecule has 2 saturated carbocycles. The fourth-order valence-corrected chi connectivity index (χ4v) is 6.84. The van der Waals surface area contributed by atoms with Crippen LogP contribution in [0.5, 0.6) is 0 Å². The van der Waals surface area contributed by atoms with Gasteiger partial charge in [0.1, 0.15) is 5.76 Å². The summed E-state index contributed by atoms with van der Waals surface area (Å²) < 4.78 is 0. The van der Waals surface area contributed by atoms with Crippen LogP contribution >= 0.6 is 0 Å². The van der Waals surface area contributed by atoms with Gasteiger partial charge in [-0.2, -0.15) is 0 Å². The molecule has 0 bridgehead atoms. The average Bonchev–Trinajstić information content (AvgIpc) is 2.92. The second-order valence-corrected chi connectivity index (χ2v) is 9.70. The third-order valence-corrected chi connectivity index (χ3v) is 8.15. The molecule has 28 heavy (non-hydrogen) atoms. The van der Waals surface area contributed by atoms with Gasteiger partial charge in [0.25, 0.3) is 0 Å². The van der Waals surface area contributed by atoms with E-state index in [1.54, 1.807) is 13.8 Å². The Morgan fingerprint density at radius 1 is 1.07 bits per heavy atom. The highest BCUT2D eigenvalue weighted by atomic mass is 16.3. The minimum Gasteiger partial charge on any atom is -0.508 e. The number of hydrogen-bond donors (Lipinski definition) is 3. The van der Waals surface area contributed by atoms with E-state index in [-0.39, 0.29) is 40.5 Å². The summed E-state index contributed by atoms with van der Waals surface area (Å²) in [5.41, 5.74) is 1.04. The number of fused-ring (bicyclic) bond motifs is 5. The maximum Gasteiger partial charge on any atom is 0.217 e. The maximum absolute atomic E-state index is 12.0. The summed E-state index contributed by atoms with van der Waals surface area (Å²) in [4.78, 5) is 23.8. The Morgan fingerprint density at radius 3 is 2.46 bits per heavy atom. The molecule has 0 aromatic rings. The zero-order valence-corrected chi connectivity index (χ0v) is 17.3. The normalized spacial score (nSPS) is 43.8. The van der Waals surface area contributed by atoms with Crippen molar-refractivity contribution in [3.63, 3.8) is 0 Å². The molecule has 0 aromatic carbocycles. The lowest BCUT2D eigenvalue weighted by atomic mass is 9.48. The van der Waals surface area contributed by atoms with Crippen LogP contribution in [0, 0.1) is 28.6 Å². The first kappa shape index (κ1) is 19.3. The molecule has 2 fully saturated rings. The Labute approximate surface area is 167 Å². The van der Waals surface area contributed by atoms with Gasteiger partial charge in [0, 0.05) is 25.3 Å². The largest absolute Gasteiger partial charge is 0.508 e. The van der Waals surface area contributed by atoms with Gasteiger partial charge in [0.2, 0.25) is 11.8 Å². The lowest BCUT2D eigenvalue weighted by Crippen LogP contribution is -2.58. The monoisotopic (exact) mass is 384 g/mol. The van der Waals surface area contributed by atoms with Crippen LogP contribution in [-0.2, 0) is 9.59 Å². The number of aliphatic hydroxyl groups is 1. The van der Waals surface area contributed by atoms with Gasteiger partial charge >= 0.3 is 0 Å². The third-order valence-electron chi connectivity index (χ3n) is 8.15. The van der Waals surface area contributed by atoms with Gasteiger partial charge in [-0.25, -0.2) is 0 Å². The van der Waals surface area contributed by atoms with Crippen molar-refractivity contribution in [2.45, 2.75) is 65.5 Å². The van der Waals surface area contributed by atoms with Gasteiger partial charge in [0.15, 0.2) is 0 Å². The quantitative estimate of drug-likeness (QED) is 0.683. The van der Waals surface area contributed by atoms with E-state index in [1.165, 1.54) is 0 Å². The van der Waals surface area contributed by atoms with Crippen molar-refractivity contribution in [1.82, 2.24) is 10.6 Å². The SMILES string of the molecule is CC(=O)N[C@H]1C=C2C=C(O)C=C[C@]2(C)[C@H]2CC[C@]3(C)[C@@H](NC(C)=O)CC[C@H]3[C@H]12. The van der Waals surface area contributed by atoms with Gasteiger partial charge in [-0.3, -0.25) is 9.59 Å². The molecular formula is C23H32N2O3. The highest BCUT2D eigenvalue weighted by Crippen LogP contribution is 2.63. The molecule has 0 aliphatic heterocycles. The zero-order chi connectivity index (χ0) is 20.3. The second-order valence-electron chi connectivity index (χ2n) is 9.70. The summed E-state index contributed by atoms with van der Waals surface area (Å²) in [6.45, 7) is 7.77. The van der Waals surface area contributed by atoms with Crippen LogP contribution in [0.15, 0.2) is 35.6 Å². The van der Waals surface area contributed by atoms with Crippen LogP contribution in [0.4, 0.5) is 0 Å².